The van der Waals surface area contributed by atoms with Gasteiger partial charge in [0.1, 0.15) is 0 Å². The molecule has 1 fully saturated rings. The second-order valence-electron chi connectivity index (χ2n) is 6.66. The minimum Gasteiger partial charge on any atom is -0.324 e. The summed E-state index contributed by atoms with van der Waals surface area (Å²) in [5, 5.41) is 2.60. The number of hydrogen-bond acceptors (Lipinski definition) is 1. The number of nitrogens with two attached hydrogens (primary N) is 1. The predicted molar refractivity (Wildman–Crippen MR) is 86.5 cm³/mol. The SMILES string of the molecule is CC1CCC(C(N)c2ccc3ccccc3c2)CC1C. The normalized spacial score (nSPS) is 28.4. The maximum Gasteiger partial charge on any atom is 0.0323 e. The first-order valence-electron chi connectivity index (χ1n) is 7.89. The third-order valence-electron chi connectivity index (χ3n) is 5.31. The van der Waals surface area contributed by atoms with Gasteiger partial charge in [-0.1, -0.05) is 56.7 Å². The van der Waals surface area contributed by atoms with Crippen molar-refractivity contribution in [3.63, 3.8) is 0 Å². The average molecular weight is 267 g/mol. The largest absolute Gasteiger partial charge is 0.324 e. The molecule has 1 nitrogen and oxygen atoms in total. The van der Waals surface area contributed by atoms with E-state index in [2.05, 4.69) is 56.3 Å². The summed E-state index contributed by atoms with van der Waals surface area (Å²) in [5.41, 5.74) is 7.87. The van der Waals surface area contributed by atoms with Gasteiger partial charge in [-0.15, -0.1) is 0 Å². The van der Waals surface area contributed by atoms with Crippen molar-refractivity contribution in [1.82, 2.24) is 0 Å². The summed E-state index contributed by atoms with van der Waals surface area (Å²) in [6.45, 7) is 4.76. The van der Waals surface area contributed by atoms with Gasteiger partial charge in [0.2, 0.25) is 0 Å². The van der Waals surface area contributed by atoms with Gasteiger partial charge >= 0.3 is 0 Å². The monoisotopic (exact) mass is 267 g/mol. The van der Waals surface area contributed by atoms with E-state index in [1.165, 1.54) is 35.6 Å². The zero-order valence-corrected chi connectivity index (χ0v) is 12.5. The van der Waals surface area contributed by atoms with E-state index >= 15 is 0 Å². The molecule has 2 aromatic carbocycles. The van der Waals surface area contributed by atoms with E-state index in [4.69, 9.17) is 5.73 Å². The molecule has 106 valence electrons. The van der Waals surface area contributed by atoms with Crippen LogP contribution in [0.4, 0.5) is 0 Å². The molecule has 1 heteroatoms. The van der Waals surface area contributed by atoms with E-state index in [9.17, 15) is 0 Å². The van der Waals surface area contributed by atoms with Crippen molar-refractivity contribution in [3.05, 3.63) is 48.0 Å². The molecule has 2 aromatic rings. The van der Waals surface area contributed by atoms with Crippen molar-refractivity contribution in [2.75, 3.05) is 0 Å². The van der Waals surface area contributed by atoms with Crippen LogP contribution in [-0.2, 0) is 0 Å². The first-order chi connectivity index (χ1) is 9.65. The molecule has 0 saturated heterocycles. The van der Waals surface area contributed by atoms with Crippen LogP contribution in [0.15, 0.2) is 42.5 Å². The molecule has 2 N–H and O–H groups in total. The van der Waals surface area contributed by atoms with Crippen LogP contribution < -0.4 is 5.73 Å². The zero-order chi connectivity index (χ0) is 14.1. The van der Waals surface area contributed by atoms with Crippen LogP contribution in [0.5, 0.6) is 0 Å². The summed E-state index contributed by atoms with van der Waals surface area (Å²) in [6, 6.07) is 15.4. The lowest BCUT2D eigenvalue weighted by Gasteiger charge is -2.35. The molecule has 0 radical (unpaired) electrons. The summed E-state index contributed by atoms with van der Waals surface area (Å²) in [7, 11) is 0. The van der Waals surface area contributed by atoms with Crippen LogP contribution in [0, 0.1) is 17.8 Å². The topological polar surface area (TPSA) is 26.0 Å². The third kappa shape index (κ3) is 2.60. The second-order valence-corrected chi connectivity index (χ2v) is 6.66. The lowest BCUT2D eigenvalue weighted by Crippen LogP contribution is -2.29. The number of fused-ring (bicyclic) bond motifs is 1. The van der Waals surface area contributed by atoms with Crippen molar-refractivity contribution in [1.29, 1.82) is 0 Å². The van der Waals surface area contributed by atoms with Gasteiger partial charge in [0.15, 0.2) is 0 Å². The molecule has 0 amide bonds. The fourth-order valence-electron chi connectivity index (χ4n) is 3.60. The quantitative estimate of drug-likeness (QED) is 0.821. The lowest BCUT2D eigenvalue weighted by molar-refractivity contribution is 0.186. The molecule has 4 atom stereocenters. The van der Waals surface area contributed by atoms with Crippen molar-refractivity contribution in [3.8, 4) is 0 Å². The molecule has 0 aliphatic heterocycles. The highest BCUT2D eigenvalue weighted by Gasteiger charge is 2.29. The molecule has 1 saturated carbocycles. The standard InChI is InChI=1S/C19H25N/c1-13-7-8-17(11-14(13)2)19(20)18-10-9-15-5-3-4-6-16(15)12-18/h3-6,9-10,12-14,17,19H,7-8,11,20H2,1-2H3. The van der Waals surface area contributed by atoms with Crippen LogP contribution in [0.2, 0.25) is 0 Å². The second kappa shape index (κ2) is 5.57. The minimum absolute atomic E-state index is 0.189. The lowest BCUT2D eigenvalue weighted by atomic mass is 9.72. The summed E-state index contributed by atoms with van der Waals surface area (Å²) in [4.78, 5) is 0. The third-order valence-corrected chi connectivity index (χ3v) is 5.31. The van der Waals surface area contributed by atoms with Gasteiger partial charge < -0.3 is 5.73 Å². The molecule has 4 unspecified atom stereocenters. The van der Waals surface area contributed by atoms with E-state index in [1.54, 1.807) is 0 Å². The van der Waals surface area contributed by atoms with Crippen LogP contribution in [0.1, 0.15) is 44.7 Å². The molecule has 0 bridgehead atoms. The first kappa shape index (κ1) is 13.6. The Bertz CT molecular complexity index is 589. The van der Waals surface area contributed by atoms with E-state index < -0.39 is 0 Å². The molecule has 1 aliphatic carbocycles. The molecule has 20 heavy (non-hydrogen) atoms. The van der Waals surface area contributed by atoms with Crippen LogP contribution >= 0.6 is 0 Å². The highest BCUT2D eigenvalue weighted by molar-refractivity contribution is 5.83. The Balaban J connectivity index is 1.83. The van der Waals surface area contributed by atoms with Crippen molar-refractivity contribution < 1.29 is 0 Å². The van der Waals surface area contributed by atoms with Gasteiger partial charge in [-0.2, -0.15) is 0 Å². The molecular weight excluding hydrogens is 242 g/mol. The minimum atomic E-state index is 0.189. The van der Waals surface area contributed by atoms with E-state index in [1.807, 2.05) is 0 Å². The predicted octanol–water partition coefficient (Wildman–Crippen LogP) is 4.91. The summed E-state index contributed by atoms with van der Waals surface area (Å²) in [5.74, 6) is 2.30. The van der Waals surface area contributed by atoms with E-state index in [-0.39, 0.29) is 6.04 Å². The van der Waals surface area contributed by atoms with Crippen molar-refractivity contribution in [2.24, 2.45) is 23.5 Å². The summed E-state index contributed by atoms with van der Waals surface area (Å²) < 4.78 is 0. The Hall–Kier alpha value is -1.34. The maximum atomic E-state index is 6.57. The van der Waals surface area contributed by atoms with Gasteiger partial charge in [0.05, 0.1) is 0 Å². The van der Waals surface area contributed by atoms with Gasteiger partial charge in [-0.05, 0) is 53.0 Å². The first-order valence-corrected chi connectivity index (χ1v) is 7.89. The molecule has 3 rings (SSSR count). The smallest absolute Gasteiger partial charge is 0.0323 e. The van der Waals surface area contributed by atoms with Crippen LogP contribution in [-0.4, -0.2) is 0 Å². The number of hydrogen-bond donors (Lipinski definition) is 1. The fraction of sp³-hybridized carbons (Fsp3) is 0.474. The number of rotatable bonds is 2. The molecule has 0 aromatic heterocycles. The zero-order valence-electron chi connectivity index (χ0n) is 12.5. The summed E-state index contributed by atoms with van der Waals surface area (Å²) in [6.07, 6.45) is 3.88. The van der Waals surface area contributed by atoms with Crippen LogP contribution in [0.3, 0.4) is 0 Å². The molecule has 0 heterocycles. The molecule has 0 spiro atoms. The summed E-state index contributed by atoms with van der Waals surface area (Å²) >= 11 is 0. The number of benzene rings is 2. The van der Waals surface area contributed by atoms with Gasteiger partial charge in [-0.25, -0.2) is 0 Å². The Kier molecular flexibility index (Phi) is 3.80. The van der Waals surface area contributed by atoms with Crippen molar-refractivity contribution >= 4 is 10.8 Å². The highest BCUT2D eigenvalue weighted by atomic mass is 14.7. The molecular formula is C19H25N. The highest BCUT2D eigenvalue weighted by Crippen LogP contribution is 2.39. The van der Waals surface area contributed by atoms with Gasteiger partial charge in [0.25, 0.3) is 0 Å². The molecule has 1 aliphatic rings. The Morgan fingerprint density at radius 1 is 0.950 bits per heavy atom. The van der Waals surface area contributed by atoms with Crippen molar-refractivity contribution in [2.45, 2.75) is 39.2 Å². The van der Waals surface area contributed by atoms with E-state index in [0.717, 1.165) is 11.8 Å². The fourth-order valence-corrected chi connectivity index (χ4v) is 3.60. The van der Waals surface area contributed by atoms with Gasteiger partial charge in [-0.3, -0.25) is 0 Å². The Labute approximate surface area is 122 Å². The van der Waals surface area contributed by atoms with E-state index in [0.29, 0.717) is 5.92 Å². The Morgan fingerprint density at radius 2 is 1.70 bits per heavy atom. The maximum absolute atomic E-state index is 6.57. The van der Waals surface area contributed by atoms with Crippen LogP contribution in [0.25, 0.3) is 10.8 Å². The van der Waals surface area contributed by atoms with Gasteiger partial charge in [0, 0.05) is 6.04 Å². The Morgan fingerprint density at radius 3 is 2.45 bits per heavy atom. The average Bonchev–Trinajstić information content (AvgIpc) is 2.49.